The number of hydrogen-bond acceptors (Lipinski definition) is 4. The third kappa shape index (κ3) is 8.77. The highest BCUT2D eigenvalue weighted by Crippen LogP contribution is 2.34. The number of methoxy groups -OCH3 is 2. The first kappa shape index (κ1) is 46.0. The van der Waals surface area contributed by atoms with E-state index in [1.54, 1.807) is 25.8 Å². The predicted octanol–water partition coefficient (Wildman–Crippen LogP) is 13.4. The van der Waals surface area contributed by atoms with Crippen LogP contribution in [0.2, 0.25) is 0 Å². The van der Waals surface area contributed by atoms with E-state index in [1.165, 1.54) is 5.56 Å². The number of aryl methyl sites for hydroxylation is 1. The van der Waals surface area contributed by atoms with Gasteiger partial charge in [0.15, 0.2) is 0 Å². The van der Waals surface area contributed by atoms with Crippen LogP contribution >= 0.6 is 0 Å². The van der Waals surface area contributed by atoms with Gasteiger partial charge < -0.3 is 18.9 Å². The summed E-state index contributed by atoms with van der Waals surface area (Å²) in [5, 5.41) is 13.5. The van der Waals surface area contributed by atoms with E-state index in [1.807, 2.05) is 90.3 Å². The van der Waals surface area contributed by atoms with Gasteiger partial charge in [-0.25, -0.2) is 0 Å². The van der Waals surface area contributed by atoms with E-state index in [2.05, 4.69) is 139 Å². The van der Waals surface area contributed by atoms with Crippen molar-refractivity contribution in [1.29, 1.82) is 0 Å². The van der Waals surface area contributed by atoms with Crippen molar-refractivity contribution in [3.63, 3.8) is 0 Å². The van der Waals surface area contributed by atoms with Gasteiger partial charge in [-0.2, -0.15) is 0 Å². The van der Waals surface area contributed by atoms with E-state index in [0.29, 0.717) is 0 Å². The zero-order valence-corrected chi connectivity index (χ0v) is 39.7. The fourth-order valence-electron chi connectivity index (χ4n) is 8.50. The SMILES string of the molecule is C=c1c2ccc(N(C)C)c3cccc(c(=O)n1C)c32.CC.CC.COc1ccc2c(C#Cc3c4ccccc4c(C#Cc4cccc5cc(OC)ccc45)c4cc(C)ccc34)cccc2c1. The smallest absolute Gasteiger partial charge is 0.258 e. The first-order valence-corrected chi connectivity index (χ1v) is 22.5. The molecule has 10 rings (SSSR count). The quantitative estimate of drug-likeness (QED) is 0.131. The van der Waals surface area contributed by atoms with Gasteiger partial charge in [0.05, 0.1) is 14.2 Å². The fraction of sp³-hybridized carbons (Fsp3) is 0.164. The van der Waals surface area contributed by atoms with Crippen molar-refractivity contribution in [2.24, 2.45) is 7.05 Å². The summed E-state index contributed by atoms with van der Waals surface area (Å²) in [6.07, 6.45) is 0. The molecule has 0 aliphatic heterocycles. The molecule has 0 aliphatic carbocycles. The highest BCUT2D eigenvalue weighted by Gasteiger charge is 2.14. The Balaban J connectivity index is 0.000000235. The Labute approximate surface area is 388 Å². The molecule has 5 nitrogen and oxygen atoms in total. The monoisotopic (exact) mass is 864 g/mol. The second-order valence-electron chi connectivity index (χ2n) is 15.7. The van der Waals surface area contributed by atoms with E-state index in [4.69, 9.17) is 9.47 Å². The van der Waals surface area contributed by atoms with Crippen LogP contribution in [0.15, 0.2) is 150 Å². The average Bonchev–Trinajstić information content (AvgIpc) is 3.36. The summed E-state index contributed by atoms with van der Waals surface area (Å²) in [4.78, 5) is 14.4. The Morgan fingerprint density at radius 3 is 1.52 bits per heavy atom. The van der Waals surface area contributed by atoms with Crippen LogP contribution in [0, 0.1) is 30.6 Å². The Bertz CT molecular complexity index is 3640. The molecule has 0 fully saturated rings. The predicted molar refractivity (Wildman–Crippen MR) is 284 cm³/mol. The van der Waals surface area contributed by atoms with Crippen molar-refractivity contribution in [1.82, 2.24) is 4.57 Å². The maximum absolute atomic E-state index is 12.3. The van der Waals surface area contributed by atoms with Crippen molar-refractivity contribution in [3.8, 4) is 35.2 Å². The number of fused-ring (bicyclic) bond motifs is 4. The van der Waals surface area contributed by atoms with Gasteiger partial charge in [0.1, 0.15) is 11.5 Å². The normalized spacial score (nSPS) is 10.5. The molecule has 1 heterocycles. The zero-order chi connectivity index (χ0) is 47.1. The van der Waals surface area contributed by atoms with Crippen LogP contribution in [0.3, 0.4) is 0 Å². The molecule has 0 saturated carbocycles. The van der Waals surface area contributed by atoms with E-state index >= 15 is 0 Å². The summed E-state index contributed by atoms with van der Waals surface area (Å²) in [6, 6.07) is 49.7. The number of benzene rings is 9. The largest absolute Gasteiger partial charge is 0.497 e. The van der Waals surface area contributed by atoms with Crippen molar-refractivity contribution < 1.29 is 9.47 Å². The van der Waals surface area contributed by atoms with E-state index in [0.717, 1.165) is 109 Å². The number of aromatic nitrogens is 1. The molecule has 5 heteroatoms. The summed E-state index contributed by atoms with van der Waals surface area (Å²) in [6.45, 7) is 14.2. The van der Waals surface area contributed by atoms with Gasteiger partial charge in [-0.3, -0.25) is 4.79 Å². The number of rotatable bonds is 3. The van der Waals surface area contributed by atoms with Crippen LogP contribution in [-0.4, -0.2) is 32.9 Å². The van der Waals surface area contributed by atoms with Crippen LogP contribution in [0.25, 0.3) is 71.2 Å². The van der Waals surface area contributed by atoms with Gasteiger partial charge in [-0.05, 0) is 111 Å². The summed E-state index contributed by atoms with van der Waals surface area (Å²) < 4.78 is 12.5. The van der Waals surface area contributed by atoms with Crippen LogP contribution in [0.4, 0.5) is 5.69 Å². The zero-order valence-electron chi connectivity index (χ0n) is 39.7. The molecule has 0 spiro atoms. The molecule has 9 aromatic carbocycles. The molecular formula is C61H56N2O3. The third-order valence-electron chi connectivity index (χ3n) is 11.7. The Kier molecular flexibility index (Phi) is 14.1. The van der Waals surface area contributed by atoms with Crippen molar-refractivity contribution in [2.75, 3.05) is 33.2 Å². The number of anilines is 1. The summed E-state index contributed by atoms with van der Waals surface area (Å²) >= 11 is 0. The number of hydrogen-bond donors (Lipinski definition) is 0. The molecule has 0 atom stereocenters. The lowest BCUT2D eigenvalue weighted by Gasteiger charge is -2.18. The van der Waals surface area contributed by atoms with Crippen molar-refractivity contribution >= 4 is 76.9 Å². The van der Waals surface area contributed by atoms with Gasteiger partial charge in [0, 0.05) is 76.0 Å². The van der Waals surface area contributed by atoms with E-state index in [9.17, 15) is 4.79 Å². The minimum absolute atomic E-state index is 0.0130. The number of nitrogens with zero attached hydrogens (tertiary/aromatic N) is 2. The molecule has 328 valence electrons. The molecule has 0 N–H and O–H groups in total. The first-order chi connectivity index (χ1) is 32.1. The van der Waals surface area contributed by atoms with Crippen molar-refractivity contribution in [3.05, 3.63) is 189 Å². The van der Waals surface area contributed by atoms with Gasteiger partial charge in [-0.1, -0.05) is 148 Å². The van der Waals surface area contributed by atoms with Gasteiger partial charge >= 0.3 is 0 Å². The molecular weight excluding hydrogens is 809 g/mol. The van der Waals surface area contributed by atoms with Crippen molar-refractivity contribution in [2.45, 2.75) is 34.6 Å². The Morgan fingerprint density at radius 1 is 0.500 bits per heavy atom. The van der Waals surface area contributed by atoms with Gasteiger partial charge in [0.25, 0.3) is 5.56 Å². The van der Waals surface area contributed by atoms with Crippen LogP contribution in [-0.2, 0) is 7.05 Å². The lowest BCUT2D eigenvalue weighted by Crippen LogP contribution is -2.30. The van der Waals surface area contributed by atoms with Crippen LogP contribution in [0.1, 0.15) is 55.5 Å². The highest BCUT2D eigenvalue weighted by atomic mass is 16.5. The molecule has 1 aromatic heterocycles. The summed E-state index contributed by atoms with van der Waals surface area (Å²) in [5.41, 5.74) is 6.32. The van der Waals surface area contributed by atoms with Crippen LogP contribution in [0.5, 0.6) is 11.5 Å². The Morgan fingerprint density at radius 2 is 0.970 bits per heavy atom. The molecule has 0 unspecified atom stereocenters. The lowest BCUT2D eigenvalue weighted by atomic mass is 9.90. The molecule has 66 heavy (non-hydrogen) atoms. The molecule has 0 radical (unpaired) electrons. The minimum atomic E-state index is 0.0130. The molecule has 10 aromatic rings. The second-order valence-corrected chi connectivity index (χ2v) is 15.7. The molecule has 0 saturated heterocycles. The van der Waals surface area contributed by atoms with E-state index in [-0.39, 0.29) is 5.56 Å². The maximum Gasteiger partial charge on any atom is 0.258 e. The maximum atomic E-state index is 12.3. The minimum Gasteiger partial charge on any atom is -0.497 e. The highest BCUT2D eigenvalue weighted by molar-refractivity contribution is 6.14. The number of ether oxygens (including phenoxy) is 2. The molecule has 0 bridgehead atoms. The molecule has 0 aliphatic rings. The second kappa shape index (κ2) is 20.2. The fourth-order valence-corrected chi connectivity index (χ4v) is 8.50. The van der Waals surface area contributed by atoms with Gasteiger partial charge in [0.2, 0.25) is 0 Å². The third-order valence-corrected chi connectivity index (χ3v) is 11.7. The standard InChI is InChI=1S/C41H28O2.C16H16N2O.2C2H6/c1-27-14-19-39-38(20-15-28-8-6-10-30-25-32(42-2)17-22-34(28)30)36-12-4-5-13-37(36)40(41(39)24-27)21-16-29-9-7-11-31-26-33(43-3)18-23-35(29)31;1-10-11-8-9-14(17(2)3)12-6-5-7-13(15(11)12)16(19)18(10)4;2*1-2/h4-14,17-19,22-26H,1-3H3;5-9H,1H2,2-4H3;2*1-2H3. The topological polar surface area (TPSA) is 43.7 Å². The lowest BCUT2D eigenvalue weighted by molar-refractivity contribution is 0.415. The first-order valence-electron chi connectivity index (χ1n) is 22.5. The molecule has 0 amide bonds. The van der Waals surface area contributed by atoms with E-state index < -0.39 is 0 Å². The average molecular weight is 865 g/mol. The van der Waals surface area contributed by atoms with Crippen LogP contribution < -0.4 is 25.3 Å². The Hall–Kier alpha value is -7.99. The number of pyridine rings is 1. The van der Waals surface area contributed by atoms with Gasteiger partial charge in [-0.15, -0.1) is 0 Å². The summed E-state index contributed by atoms with van der Waals surface area (Å²) in [7, 11) is 9.17. The summed E-state index contributed by atoms with van der Waals surface area (Å²) in [5.74, 6) is 15.9.